The largest absolute Gasteiger partial charge is 0.281 e. The quantitative estimate of drug-likeness (QED) is 0.514. The van der Waals surface area contributed by atoms with Crippen LogP contribution in [0.5, 0.6) is 0 Å². The Morgan fingerprint density at radius 1 is 0.967 bits per heavy atom. The van der Waals surface area contributed by atoms with Gasteiger partial charge in [-0.25, -0.2) is 0 Å². The summed E-state index contributed by atoms with van der Waals surface area (Å²) in [7, 11) is 1.93. The summed E-state index contributed by atoms with van der Waals surface area (Å²) >= 11 is 0. The first-order chi connectivity index (χ1) is 14.5. The summed E-state index contributed by atoms with van der Waals surface area (Å²) in [6.07, 6.45) is 4.94. The molecule has 3 heterocycles. The average Bonchev–Trinajstić information content (AvgIpc) is 3.34. The van der Waals surface area contributed by atoms with E-state index in [2.05, 4.69) is 76.2 Å². The molecule has 0 saturated heterocycles. The van der Waals surface area contributed by atoms with Crippen molar-refractivity contribution >= 4 is 5.71 Å². The molecule has 5 rings (SSSR count). The van der Waals surface area contributed by atoms with Gasteiger partial charge in [-0.15, -0.1) is 10.2 Å². The van der Waals surface area contributed by atoms with E-state index in [-0.39, 0.29) is 6.04 Å². The van der Waals surface area contributed by atoms with Gasteiger partial charge in [-0.05, 0) is 43.5 Å². The van der Waals surface area contributed by atoms with Crippen LogP contribution in [0.4, 0.5) is 0 Å². The number of aliphatic imine (C=N–C) groups is 1. The van der Waals surface area contributed by atoms with Gasteiger partial charge < -0.3 is 0 Å². The van der Waals surface area contributed by atoms with Crippen molar-refractivity contribution in [2.24, 2.45) is 12.0 Å². The van der Waals surface area contributed by atoms with E-state index in [1.165, 1.54) is 5.56 Å². The number of aryl methyl sites for hydroxylation is 3. The van der Waals surface area contributed by atoms with Crippen molar-refractivity contribution in [3.05, 3.63) is 83.2 Å². The molecule has 0 saturated carbocycles. The van der Waals surface area contributed by atoms with Crippen LogP contribution in [-0.4, -0.2) is 30.3 Å². The smallest absolute Gasteiger partial charge is 0.162 e. The molecule has 1 aliphatic heterocycles. The number of hydrogen-bond acceptors (Lipinski definition) is 4. The van der Waals surface area contributed by atoms with E-state index in [0.717, 1.165) is 51.7 Å². The Hall–Kier alpha value is -3.54. The number of nitrogens with zero attached hydrogens (tertiary/aromatic N) is 6. The van der Waals surface area contributed by atoms with Gasteiger partial charge in [-0.1, -0.05) is 37.3 Å². The summed E-state index contributed by atoms with van der Waals surface area (Å²) in [6, 6.07) is 15.1. The molecular formula is C24H24N6. The van der Waals surface area contributed by atoms with Gasteiger partial charge in [0, 0.05) is 29.9 Å². The summed E-state index contributed by atoms with van der Waals surface area (Å²) in [4.78, 5) is 5.11. The fourth-order valence-electron chi connectivity index (χ4n) is 4.07. The number of benzene rings is 2. The molecule has 0 aliphatic carbocycles. The monoisotopic (exact) mass is 396 g/mol. The number of hydrogen-bond donors (Lipinski definition) is 0. The van der Waals surface area contributed by atoms with E-state index in [1.54, 1.807) is 0 Å². The second-order valence-electron chi connectivity index (χ2n) is 7.78. The Kier molecular flexibility index (Phi) is 4.35. The average molecular weight is 396 g/mol. The minimum Gasteiger partial charge on any atom is -0.281 e. The second-order valence-corrected chi connectivity index (χ2v) is 7.78. The normalized spacial score (nSPS) is 15.3. The second kappa shape index (κ2) is 7.06. The van der Waals surface area contributed by atoms with Gasteiger partial charge >= 0.3 is 0 Å². The van der Waals surface area contributed by atoms with Crippen LogP contribution < -0.4 is 0 Å². The van der Waals surface area contributed by atoms with Crippen molar-refractivity contribution in [2.45, 2.75) is 33.2 Å². The van der Waals surface area contributed by atoms with Crippen LogP contribution in [0.25, 0.3) is 16.8 Å². The fraction of sp³-hybridized carbons (Fsp3) is 0.250. The van der Waals surface area contributed by atoms with Gasteiger partial charge in [-0.2, -0.15) is 5.10 Å². The van der Waals surface area contributed by atoms with Crippen LogP contribution in [0.15, 0.2) is 59.9 Å². The maximum Gasteiger partial charge on any atom is 0.162 e. The molecule has 0 bridgehead atoms. The zero-order valence-electron chi connectivity index (χ0n) is 17.7. The number of rotatable bonds is 3. The van der Waals surface area contributed by atoms with Crippen molar-refractivity contribution in [1.29, 1.82) is 0 Å². The topological polar surface area (TPSA) is 60.9 Å². The SMILES string of the molecule is CCc1ccc(C2=N[C@@H](C)c3nnc(C)n3-c3ccc(-c4cnn(C)c4)cc32)cc1. The predicted molar refractivity (Wildman–Crippen MR) is 118 cm³/mol. The molecule has 30 heavy (non-hydrogen) atoms. The maximum absolute atomic E-state index is 5.11. The number of fused-ring (bicyclic) bond motifs is 3. The fourth-order valence-corrected chi connectivity index (χ4v) is 4.07. The lowest BCUT2D eigenvalue weighted by molar-refractivity contribution is 0.721. The van der Waals surface area contributed by atoms with Crippen molar-refractivity contribution in [2.75, 3.05) is 0 Å². The molecule has 1 aliphatic rings. The van der Waals surface area contributed by atoms with E-state index >= 15 is 0 Å². The summed E-state index contributed by atoms with van der Waals surface area (Å²) in [5.41, 5.74) is 7.74. The van der Waals surface area contributed by atoms with Gasteiger partial charge in [0.25, 0.3) is 0 Å². The molecular weight excluding hydrogens is 372 g/mol. The van der Waals surface area contributed by atoms with Crippen LogP contribution in [0.1, 0.15) is 48.2 Å². The summed E-state index contributed by atoms with van der Waals surface area (Å²) in [5.74, 6) is 1.73. The third-order valence-corrected chi connectivity index (χ3v) is 5.71. The Morgan fingerprint density at radius 2 is 1.73 bits per heavy atom. The van der Waals surface area contributed by atoms with E-state index in [1.807, 2.05) is 31.0 Å². The van der Waals surface area contributed by atoms with E-state index < -0.39 is 0 Å². The molecule has 0 spiro atoms. The zero-order chi connectivity index (χ0) is 20.8. The van der Waals surface area contributed by atoms with Crippen LogP contribution in [0.2, 0.25) is 0 Å². The Bertz CT molecular complexity index is 1260. The Balaban J connectivity index is 1.76. The summed E-state index contributed by atoms with van der Waals surface area (Å²) < 4.78 is 3.95. The number of aromatic nitrogens is 5. The molecule has 2 aromatic heterocycles. The molecule has 2 aromatic carbocycles. The van der Waals surface area contributed by atoms with Gasteiger partial charge in [0.1, 0.15) is 11.9 Å². The lowest BCUT2D eigenvalue weighted by atomic mass is 9.96. The van der Waals surface area contributed by atoms with Gasteiger partial charge in [0.05, 0.1) is 17.6 Å². The van der Waals surface area contributed by atoms with Crippen LogP contribution in [0.3, 0.4) is 0 Å². The van der Waals surface area contributed by atoms with Gasteiger partial charge in [0.15, 0.2) is 5.82 Å². The molecule has 0 unspecified atom stereocenters. The first kappa shape index (κ1) is 18.5. The molecule has 6 nitrogen and oxygen atoms in total. The van der Waals surface area contributed by atoms with E-state index in [9.17, 15) is 0 Å². The molecule has 0 fully saturated rings. The standard InChI is InChI=1S/C24H24N6/c1-5-17-6-8-18(9-7-17)23-21-12-19(20-13-25-29(4)14-20)10-11-22(21)30-16(3)27-28-24(30)15(2)26-23/h6-15H,5H2,1-4H3/t15-/m0/s1. The Labute approximate surface area is 175 Å². The maximum atomic E-state index is 5.11. The lowest BCUT2D eigenvalue weighted by Gasteiger charge is -2.14. The minimum absolute atomic E-state index is 0.0960. The summed E-state index contributed by atoms with van der Waals surface area (Å²) in [6.45, 7) is 6.24. The highest BCUT2D eigenvalue weighted by Crippen LogP contribution is 2.33. The molecule has 6 heteroatoms. The van der Waals surface area contributed by atoms with Crippen molar-refractivity contribution in [1.82, 2.24) is 24.5 Å². The predicted octanol–water partition coefficient (Wildman–Crippen LogP) is 4.45. The molecule has 0 amide bonds. The van der Waals surface area contributed by atoms with Gasteiger partial charge in [-0.3, -0.25) is 14.2 Å². The van der Waals surface area contributed by atoms with Crippen molar-refractivity contribution in [3.8, 4) is 16.8 Å². The van der Waals surface area contributed by atoms with Crippen molar-refractivity contribution in [3.63, 3.8) is 0 Å². The zero-order valence-corrected chi connectivity index (χ0v) is 17.7. The lowest BCUT2D eigenvalue weighted by Crippen LogP contribution is -2.08. The molecule has 1 atom stereocenters. The summed E-state index contributed by atoms with van der Waals surface area (Å²) in [5, 5.41) is 13.1. The van der Waals surface area contributed by atoms with Crippen LogP contribution >= 0.6 is 0 Å². The Morgan fingerprint density at radius 3 is 2.43 bits per heavy atom. The highest BCUT2D eigenvalue weighted by molar-refractivity contribution is 6.15. The first-order valence-corrected chi connectivity index (χ1v) is 10.3. The van der Waals surface area contributed by atoms with Crippen LogP contribution in [0, 0.1) is 6.92 Å². The first-order valence-electron chi connectivity index (χ1n) is 10.3. The molecule has 4 aromatic rings. The highest BCUT2D eigenvalue weighted by Gasteiger charge is 2.26. The highest BCUT2D eigenvalue weighted by atomic mass is 15.3. The molecule has 150 valence electrons. The van der Waals surface area contributed by atoms with E-state index in [0.29, 0.717) is 0 Å². The van der Waals surface area contributed by atoms with Crippen LogP contribution in [-0.2, 0) is 13.5 Å². The third kappa shape index (κ3) is 2.96. The van der Waals surface area contributed by atoms with E-state index in [4.69, 9.17) is 4.99 Å². The molecule has 0 radical (unpaired) electrons. The minimum atomic E-state index is -0.0960. The molecule has 0 N–H and O–H groups in total. The van der Waals surface area contributed by atoms with Crippen molar-refractivity contribution < 1.29 is 0 Å². The van der Waals surface area contributed by atoms with Gasteiger partial charge in [0.2, 0.25) is 0 Å². The third-order valence-electron chi connectivity index (χ3n) is 5.71.